The topological polar surface area (TPSA) is 168 Å². The van der Waals surface area contributed by atoms with Crippen molar-refractivity contribution in [1.29, 1.82) is 0 Å². The molecular weight excluding hydrogens is 637 g/mol. The Morgan fingerprint density at radius 3 is 2.40 bits per heavy atom. The number of hydrogen-bond acceptors (Lipinski definition) is 8. The Kier molecular flexibility index (Phi) is 9.62. The van der Waals surface area contributed by atoms with Crippen molar-refractivity contribution in [2.75, 3.05) is 32.0 Å². The molecule has 13 nitrogen and oxygen atoms in total. The van der Waals surface area contributed by atoms with Crippen molar-refractivity contribution in [1.82, 2.24) is 25.3 Å². The van der Waals surface area contributed by atoms with E-state index in [9.17, 15) is 33.3 Å². The van der Waals surface area contributed by atoms with Crippen molar-refractivity contribution in [3.63, 3.8) is 0 Å². The van der Waals surface area contributed by atoms with E-state index in [4.69, 9.17) is 39.5 Å². The largest absolute Gasteiger partial charge is 0.614 e. The zero-order chi connectivity index (χ0) is 30.9. The van der Waals surface area contributed by atoms with E-state index in [0.717, 1.165) is 4.90 Å². The highest BCUT2D eigenvalue weighted by Gasteiger charge is 2.61. The van der Waals surface area contributed by atoms with Crippen molar-refractivity contribution in [2.45, 2.75) is 35.1 Å². The molecule has 2 saturated heterocycles. The summed E-state index contributed by atoms with van der Waals surface area (Å²) in [6.45, 7) is 2.97. The second-order valence-corrected chi connectivity index (χ2v) is 13.6. The molecule has 0 bridgehead atoms. The number of halogens is 3. The third kappa shape index (κ3) is 6.47. The second kappa shape index (κ2) is 12.7. The van der Waals surface area contributed by atoms with Crippen LogP contribution in [0.4, 0.5) is 4.79 Å². The van der Waals surface area contributed by atoms with Gasteiger partial charge in [0, 0.05) is 25.2 Å². The van der Waals surface area contributed by atoms with Crippen LogP contribution in [0.15, 0.2) is 41.6 Å². The number of rotatable bonds is 7. The van der Waals surface area contributed by atoms with Crippen molar-refractivity contribution in [3.05, 3.63) is 47.2 Å². The SMILES string of the molecule is CCN1CCN(C(=O)NC(C(=O)NC2C(=O)N3C(C(=O)OCC(Cl)(Cl)Cl)=C(C)C[S+]([O-])[C@H]23)c2ccccc2)C(=O)C1=O. The van der Waals surface area contributed by atoms with Crippen LogP contribution in [-0.4, -0.2) is 102 Å². The maximum absolute atomic E-state index is 13.5. The minimum atomic E-state index is -1.89. The summed E-state index contributed by atoms with van der Waals surface area (Å²) in [5.41, 5.74) is 0.468. The number of fused-ring (bicyclic) bond motifs is 1. The molecule has 2 N–H and O–H groups in total. The van der Waals surface area contributed by atoms with E-state index in [2.05, 4.69) is 10.6 Å². The Balaban J connectivity index is 1.51. The molecule has 17 heteroatoms. The third-order valence-corrected chi connectivity index (χ3v) is 8.84. The molecule has 3 aliphatic rings. The van der Waals surface area contributed by atoms with Crippen LogP contribution in [0, 0.1) is 0 Å². The number of β-lactam (4-membered cyclic amide) rings is 1. The van der Waals surface area contributed by atoms with Crippen LogP contribution < -0.4 is 10.6 Å². The van der Waals surface area contributed by atoms with E-state index in [0.29, 0.717) is 22.6 Å². The minimum absolute atomic E-state index is 0.0761. The quantitative estimate of drug-likeness (QED) is 0.142. The van der Waals surface area contributed by atoms with Gasteiger partial charge in [-0.1, -0.05) is 65.1 Å². The van der Waals surface area contributed by atoms with E-state index >= 15 is 0 Å². The summed E-state index contributed by atoms with van der Waals surface area (Å²) < 4.78 is 16.1. The Hall–Kier alpha value is -3.04. The van der Waals surface area contributed by atoms with Gasteiger partial charge >= 0.3 is 23.8 Å². The summed E-state index contributed by atoms with van der Waals surface area (Å²) in [4.78, 5) is 80.3. The van der Waals surface area contributed by atoms with Gasteiger partial charge in [-0.15, -0.1) is 0 Å². The molecule has 3 unspecified atom stereocenters. The van der Waals surface area contributed by atoms with Gasteiger partial charge in [0.05, 0.1) is 0 Å². The van der Waals surface area contributed by atoms with Crippen LogP contribution in [0.25, 0.3) is 0 Å². The Morgan fingerprint density at radius 1 is 1.12 bits per heavy atom. The summed E-state index contributed by atoms with van der Waals surface area (Å²) in [6, 6.07) is 4.34. The Labute approximate surface area is 258 Å². The second-order valence-electron chi connectivity index (χ2n) is 9.57. The first-order valence-electron chi connectivity index (χ1n) is 12.7. The summed E-state index contributed by atoms with van der Waals surface area (Å²) in [7, 11) is 0. The fourth-order valence-corrected chi connectivity index (χ4v) is 6.55. The van der Waals surface area contributed by atoms with Gasteiger partial charge in [-0.3, -0.25) is 29.0 Å². The van der Waals surface area contributed by atoms with Crippen molar-refractivity contribution < 1.29 is 38.1 Å². The molecule has 0 radical (unpaired) electrons. The molecule has 1 aromatic carbocycles. The van der Waals surface area contributed by atoms with Gasteiger partial charge in [0.25, 0.3) is 5.91 Å². The molecule has 3 heterocycles. The van der Waals surface area contributed by atoms with E-state index < -0.39 is 74.7 Å². The van der Waals surface area contributed by atoms with Crippen LogP contribution in [0.5, 0.6) is 0 Å². The number of nitrogens with zero attached hydrogens (tertiary/aromatic N) is 3. The highest BCUT2D eigenvalue weighted by Crippen LogP contribution is 2.38. The molecule has 3 aliphatic heterocycles. The van der Waals surface area contributed by atoms with Gasteiger partial charge in [-0.2, -0.15) is 0 Å². The van der Waals surface area contributed by atoms with Gasteiger partial charge < -0.3 is 24.8 Å². The average molecular weight is 663 g/mol. The van der Waals surface area contributed by atoms with Crippen molar-refractivity contribution >= 4 is 81.6 Å². The number of carbonyl (C=O) groups excluding carboxylic acids is 6. The first-order valence-corrected chi connectivity index (χ1v) is 15.2. The van der Waals surface area contributed by atoms with Gasteiger partial charge in [-0.05, 0) is 30.6 Å². The summed E-state index contributed by atoms with van der Waals surface area (Å²) in [5.74, 6) is -4.51. The number of imide groups is 1. The van der Waals surface area contributed by atoms with Gasteiger partial charge in [0.15, 0.2) is 6.04 Å². The number of alkyl halides is 3. The maximum Gasteiger partial charge on any atom is 0.355 e. The first-order chi connectivity index (χ1) is 19.7. The molecule has 1 aromatic rings. The van der Waals surface area contributed by atoms with E-state index in [1.807, 2.05) is 0 Å². The van der Waals surface area contributed by atoms with Gasteiger partial charge in [0.2, 0.25) is 15.1 Å². The molecule has 4 atom stereocenters. The van der Waals surface area contributed by atoms with Crippen LogP contribution in [0.3, 0.4) is 0 Å². The number of esters is 1. The van der Waals surface area contributed by atoms with Crippen LogP contribution in [-0.2, 0) is 39.9 Å². The van der Waals surface area contributed by atoms with Gasteiger partial charge in [-0.25, -0.2) is 9.59 Å². The lowest BCUT2D eigenvalue weighted by Gasteiger charge is -2.49. The molecule has 2 fully saturated rings. The normalized spacial score (nSPS) is 23.2. The van der Waals surface area contributed by atoms with Crippen LogP contribution >= 0.6 is 34.8 Å². The summed E-state index contributed by atoms with van der Waals surface area (Å²) in [6.07, 6.45) is 0. The highest BCUT2D eigenvalue weighted by molar-refractivity contribution is 7.92. The number of benzene rings is 1. The smallest absolute Gasteiger partial charge is 0.355 e. The number of amides is 6. The number of nitrogens with one attached hydrogen (secondary N) is 2. The number of hydrogen-bond donors (Lipinski definition) is 2. The zero-order valence-electron chi connectivity index (χ0n) is 22.3. The number of ether oxygens (including phenoxy) is 1. The third-order valence-electron chi connectivity index (χ3n) is 6.77. The number of piperazine rings is 1. The van der Waals surface area contributed by atoms with E-state index in [1.165, 1.54) is 11.8 Å². The lowest BCUT2D eigenvalue weighted by Crippen LogP contribution is -2.75. The predicted molar refractivity (Wildman–Crippen MR) is 151 cm³/mol. The first kappa shape index (κ1) is 31.9. The molecule has 0 spiro atoms. The summed E-state index contributed by atoms with van der Waals surface area (Å²) >= 11 is 15.2. The lowest BCUT2D eigenvalue weighted by molar-refractivity contribution is -0.153. The fraction of sp³-hybridized carbons (Fsp3) is 0.440. The van der Waals surface area contributed by atoms with Crippen LogP contribution in [0.1, 0.15) is 25.5 Å². The molecule has 6 amide bonds. The minimum Gasteiger partial charge on any atom is -0.614 e. The fourth-order valence-electron chi connectivity index (χ4n) is 4.72. The molecule has 0 saturated carbocycles. The van der Waals surface area contributed by atoms with Crippen molar-refractivity contribution in [3.8, 4) is 0 Å². The molecule has 0 aliphatic carbocycles. The summed E-state index contributed by atoms with van der Waals surface area (Å²) in [5, 5.41) is 3.88. The molecule has 0 aromatic heterocycles. The maximum atomic E-state index is 13.5. The Bertz CT molecular complexity index is 1340. The molecular formula is C25H26Cl3N5O8S. The van der Waals surface area contributed by atoms with Crippen molar-refractivity contribution in [2.24, 2.45) is 0 Å². The highest BCUT2D eigenvalue weighted by atomic mass is 35.6. The standard InChI is InChI=1S/C25H26Cl3N5O8S/c1-3-31-9-10-32(21(37)20(31)36)24(39)30-15(14-7-5-4-6-8-14)18(34)29-16-19(35)33-17(13(2)11-42(40)22(16)33)23(38)41-12-25(26,27)28/h4-8,15-16,22H,3,9-12H2,1-2H3,(H,29,34)(H,30,39)/t15?,16?,22-,42?/m1/s1. The number of likely N-dealkylation sites (N-methyl/N-ethyl adjacent to an activating group) is 1. The van der Waals surface area contributed by atoms with E-state index in [-0.39, 0.29) is 24.5 Å². The zero-order valence-corrected chi connectivity index (χ0v) is 25.4. The average Bonchev–Trinajstić information content (AvgIpc) is 2.94. The predicted octanol–water partition coefficient (Wildman–Crippen LogP) is 0.731. The van der Waals surface area contributed by atoms with Gasteiger partial charge in [0.1, 0.15) is 24.1 Å². The van der Waals surface area contributed by atoms with E-state index in [1.54, 1.807) is 37.3 Å². The Morgan fingerprint density at radius 2 is 1.79 bits per heavy atom. The lowest BCUT2D eigenvalue weighted by atomic mass is 10.0. The van der Waals surface area contributed by atoms with Crippen LogP contribution in [0.2, 0.25) is 0 Å². The monoisotopic (exact) mass is 661 g/mol. The molecule has 4 rings (SSSR count). The number of urea groups is 1. The molecule has 42 heavy (non-hydrogen) atoms. The number of carbonyl (C=O) groups is 6. The molecule has 226 valence electrons.